The van der Waals surface area contributed by atoms with Crippen molar-refractivity contribution >= 4 is 5.69 Å². The Labute approximate surface area is 98.8 Å². The second-order valence-electron chi connectivity index (χ2n) is 4.62. The smallest absolute Gasteiger partial charge is 0.270 e. The fraction of sp³-hybridized carbons (Fsp3) is 0.455. The van der Waals surface area contributed by atoms with E-state index in [-0.39, 0.29) is 23.6 Å². The lowest BCUT2D eigenvalue weighted by Crippen LogP contribution is -2.32. The van der Waals surface area contributed by atoms with Gasteiger partial charge in [-0.3, -0.25) is 10.1 Å². The molecule has 0 heterocycles. The van der Waals surface area contributed by atoms with Gasteiger partial charge >= 0.3 is 0 Å². The van der Waals surface area contributed by atoms with Crippen LogP contribution in [0.1, 0.15) is 25.5 Å². The van der Waals surface area contributed by atoms with Gasteiger partial charge in [0.1, 0.15) is 5.75 Å². The van der Waals surface area contributed by atoms with Crippen molar-refractivity contribution in [1.82, 2.24) is 0 Å². The number of nitrogens with two attached hydrogens (primary N) is 1. The van der Waals surface area contributed by atoms with E-state index >= 15 is 0 Å². The van der Waals surface area contributed by atoms with Crippen LogP contribution < -0.4 is 5.73 Å². The number of hydrogen-bond donors (Lipinski definition) is 3. The fourth-order valence-corrected chi connectivity index (χ4v) is 1.42. The Hall–Kier alpha value is -1.66. The van der Waals surface area contributed by atoms with Gasteiger partial charge in [-0.1, -0.05) is 13.8 Å². The number of rotatable bonds is 4. The molecule has 94 valence electrons. The van der Waals surface area contributed by atoms with E-state index in [2.05, 4.69) is 0 Å². The molecule has 1 atom stereocenters. The van der Waals surface area contributed by atoms with Crippen molar-refractivity contribution < 1.29 is 15.1 Å². The molecule has 0 unspecified atom stereocenters. The molecule has 1 aromatic carbocycles. The first-order chi connectivity index (χ1) is 7.79. The zero-order chi connectivity index (χ0) is 13.2. The molecule has 0 aliphatic carbocycles. The van der Waals surface area contributed by atoms with Gasteiger partial charge in [0.05, 0.1) is 4.92 Å². The summed E-state index contributed by atoms with van der Waals surface area (Å²) in [7, 11) is 0. The molecule has 6 nitrogen and oxygen atoms in total. The quantitative estimate of drug-likeness (QED) is 0.543. The molecular formula is C11H16N2O4. The first-order valence-corrected chi connectivity index (χ1v) is 5.13. The molecule has 17 heavy (non-hydrogen) atoms. The van der Waals surface area contributed by atoms with Crippen LogP contribution in [0.5, 0.6) is 5.75 Å². The van der Waals surface area contributed by atoms with Crippen molar-refractivity contribution in [3.05, 3.63) is 33.9 Å². The van der Waals surface area contributed by atoms with E-state index in [1.165, 1.54) is 18.2 Å². The normalized spacial score (nSPS) is 13.4. The maximum Gasteiger partial charge on any atom is 0.270 e. The summed E-state index contributed by atoms with van der Waals surface area (Å²) in [6.45, 7) is 3.25. The van der Waals surface area contributed by atoms with Gasteiger partial charge in [0, 0.05) is 35.8 Å². The Morgan fingerprint density at radius 2 is 2.12 bits per heavy atom. The average Bonchev–Trinajstić information content (AvgIpc) is 2.28. The third-order valence-corrected chi connectivity index (χ3v) is 2.81. The molecule has 4 N–H and O–H groups in total. The van der Waals surface area contributed by atoms with E-state index in [1.807, 2.05) is 0 Å². The summed E-state index contributed by atoms with van der Waals surface area (Å²) < 4.78 is 0. The van der Waals surface area contributed by atoms with Gasteiger partial charge in [-0.15, -0.1) is 0 Å². The second kappa shape index (κ2) is 4.68. The molecule has 0 aromatic heterocycles. The number of nitrogens with zero attached hydrogens (tertiary/aromatic N) is 1. The highest BCUT2D eigenvalue weighted by atomic mass is 16.6. The van der Waals surface area contributed by atoms with Crippen molar-refractivity contribution in [1.29, 1.82) is 0 Å². The minimum atomic E-state index is -0.688. The summed E-state index contributed by atoms with van der Waals surface area (Å²) in [6.07, 6.45) is 0. The standard InChI is InChI=1S/C11H16N2O4/c1-11(2,6-14)10(12)8-5-7(13(16)17)3-4-9(8)15/h3-5,10,14-15H,6,12H2,1-2H3/t10-/m1/s1. The summed E-state index contributed by atoms with van der Waals surface area (Å²) in [5.41, 5.74) is 5.36. The van der Waals surface area contributed by atoms with Gasteiger partial charge in [-0.05, 0) is 6.07 Å². The Morgan fingerprint density at radius 1 is 1.53 bits per heavy atom. The lowest BCUT2D eigenvalue weighted by atomic mass is 9.81. The molecule has 0 aliphatic rings. The molecule has 0 radical (unpaired) electrons. The van der Waals surface area contributed by atoms with Crippen molar-refractivity contribution in [3.8, 4) is 5.75 Å². The number of hydrogen-bond acceptors (Lipinski definition) is 5. The molecule has 1 rings (SSSR count). The predicted molar refractivity (Wildman–Crippen MR) is 62.6 cm³/mol. The number of aromatic hydroxyl groups is 1. The van der Waals surface area contributed by atoms with Crippen LogP contribution in [-0.2, 0) is 0 Å². The topological polar surface area (TPSA) is 110 Å². The summed E-state index contributed by atoms with van der Waals surface area (Å²) in [6, 6.07) is 2.99. The first-order valence-electron chi connectivity index (χ1n) is 5.13. The molecule has 0 aliphatic heterocycles. The van der Waals surface area contributed by atoms with Gasteiger partial charge < -0.3 is 15.9 Å². The number of benzene rings is 1. The van der Waals surface area contributed by atoms with Gasteiger partial charge in [0.15, 0.2) is 0 Å². The molecule has 0 saturated carbocycles. The first kappa shape index (κ1) is 13.4. The monoisotopic (exact) mass is 240 g/mol. The molecule has 0 fully saturated rings. The summed E-state index contributed by atoms with van der Waals surface area (Å²) in [4.78, 5) is 10.1. The second-order valence-corrected chi connectivity index (χ2v) is 4.62. The Morgan fingerprint density at radius 3 is 2.59 bits per heavy atom. The van der Waals surface area contributed by atoms with Gasteiger partial charge in [0.25, 0.3) is 5.69 Å². The largest absolute Gasteiger partial charge is 0.508 e. The fourth-order valence-electron chi connectivity index (χ4n) is 1.42. The number of aliphatic hydroxyl groups excluding tert-OH is 1. The molecular weight excluding hydrogens is 224 g/mol. The zero-order valence-corrected chi connectivity index (χ0v) is 9.75. The van der Waals surface area contributed by atoms with E-state index in [9.17, 15) is 20.3 Å². The third-order valence-electron chi connectivity index (χ3n) is 2.81. The van der Waals surface area contributed by atoms with Crippen molar-refractivity contribution in [2.24, 2.45) is 11.1 Å². The van der Waals surface area contributed by atoms with E-state index < -0.39 is 16.4 Å². The van der Waals surface area contributed by atoms with E-state index in [1.54, 1.807) is 13.8 Å². The molecule has 0 saturated heterocycles. The van der Waals surface area contributed by atoms with Crippen molar-refractivity contribution in [2.75, 3.05) is 6.61 Å². The van der Waals surface area contributed by atoms with Crippen LogP contribution in [0.3, 0.4) is 0 Å². The van der Waals surface area contributed by atoms with Crippen LogP contribution in [0.15, 0.2) is 18.2 Å². The maximum atomic E-state index is 10.6. The zero-order valence-electron chi connectivity index (χ0n) is 9.75. The number of phenolic OH excluding ortho intramolecular Hbond substituents is 1. The lowest BCUT2D eigenvalue weighted by molar-refractivity contribution is -0.385. The molecule has 0 spiro atoms. The molecule has 1 aromatic rings. The SMILES string of the molecule is CC(C)(CO)[C@H](N)c1cc([N+](=O)[O-])ccc1O. The Balaban J connectivity index is 3.21. The number of nitro groups is 1. The van der Waals surface area contributed by atoms with Crippen LogP contribution in [0, 0.1) is 15.5 Å². The Kier molecular flexibility index (Phi) is 3.69. The van der Waals surface area contributed by atoms with Crippen LogP contribution in [0.2, 0.25) is 0 Å². The summed E-state index contributed by atoms with van der Waals surface area (Å²) in [5.74, 6) is -0.107. The molecule has 0 amide bonds. The summed E-state index contributed by atoms with van der Waals surface area (Å²) in [5, 5.41) is 29.5. The molecule has 6 heteroatoms. The maximum absolute atomic E-state index is 10.6. The highest BCUT2D eigenvalue weighted by Crippen LogP contribution is 2.36. The van der Waals surface area contributed by atoms with Gasteiger partial charge in [-0.25, -0.2) is 0 Å². The van der Waals surface area contributed by atoms with Crippen LogP contribution in [-0.4, -0.2) is 21.7 Å². The lowest BCUT2D eigenvalue weighted by Gasteiger charge is -2.29. The van der Waals surface area contributed by atoms with E-state index in [4.69, 9.17) is 5.73 Å². The number of phenols is 1. The highest BCUT2D eigenvalue weighted by Gasteiger charge is 2.30. The van der Waals surface area contributed by atoms with Gasteiger partial charge in [0.2, 0.25) is 0 Å². The van der Waals surface area contributed by atoms with Gasteiger partial charge in [-0.2, -0.15) is 0 Å². The number of aliphatic hydroxyl groups is 1. The van der Waals surface area contributed by atoms with Crippen molar-refractivity contribution in [3.63, 3.8) is 0 Å². The minimum Gasteiger partial charge on any atom is -0.508 e. The van der Waals surface area contributed by atoms with E-state index in [0.717, 1.165) is 0 Å². The third kappa shape index (κ3) is 2.72. The predicted octanol–water partition coefficient (Wildman–Crippen LogP) is 1.32. The van der Waals surface area contributed by atoms with Crippen molar-refractivity contribution in [2.45, 2.75) is 19.9 Å². The average molecular weight is 240 g/mol. The van der Waals surface area contributed by atoms with Crippen LogP contribution in [0.25, 0.3) is 0 Å². The highest BCUT2D eigenvalue weighted by molar-refractivity contribution is 5.45. The number of non-ortho nitro benzene ring substituents is 1. The Bertz CT molecular complexity index is 431. The minimum absolute atomic E-state index is 0.107. The van der Waals surface area contributed by atoms with Crippen LogP contribution in [0.4, 0.5) is 5.69 Å². The van der Waals surface area contributed by atoms with E-state index in [0.29, 0.717) is 0 Å². The number of nitro benzene ring substituents is 1. The van der Waals surface area contributed by atoms with Crippen LogP contribution >= 0.6 is 0 Å². The summed E-state index contributed by atoms with van der Waals surface area (Å²) >= 11 is 0. The molecule has 0 bridgehead atoms.